The highest BCUT2D eigenvalue weighted by Gasteiger charge is 2.35. The van der Waals surface area contributed by atoms with Gasteiger partial charge in [-0.3, -0.25) is 0 Å². The molecule has 0 aliphatic carbocycles. The first-order chi connectivity index (χ1) is 5.34. The highest BCUT2D eigenvalue weighted by atomic mass is 19.4. The summed E-state index contributed by atoms with van der Waals surface area (Å²) in [6.45, 7) is 5.20. The van der Waals surface area contributed by atoms with E-state index in [-0.39, 0.29) is 12.3 Å². The van der Waals surface area contributed by atoms with Gasteiger partial charge in [0.2, 0.25) is 0 Å². The first-order valence-electron chi connectivity index (χ1n) is 4.23. The molecule has 0 aromatic heterocycles. The van der Waals surface area contributed by atoms with Crippen LogP contribution in [0.5, 0.6) is 0 Å². The molecule has 0 aromatic carbocycles. The maximum Gasteiger partial charge on any atom is 0.395 e. The molecule has 3 heteroatoms. The fourth-order valence-electron chi connectivity index (χ4n) is 0.917. The molecule has 0 atom stereocenters. The van der Waals surface area contributed by atoms with E-state index in [2.05, 4.69) is 0 Å². The highest BCUT2D eigenvalue weighted by Crippen LogP contribution is 2.31. The molecule has 0 heterocycles. The Bertz CT molecular complexity index is 115. The standard InChI is InChI=1S/C9H16F3/c1-7(2)5-4-6-8(3)9(10,11)12/h7H,4-6H2,1-3H3. The van der Waals surface area contributed by atoms with Gasteiger partial charge in [0.1, 0.15) is 0 Å². The van der Waals surface area contributed by atoms with Gasteiger partial charge in [0, 0.05) is 0 Å². The summed E-state index contributed by atoms with van der Waals surface area (Å²) in [5.74, 6) is 0.134. The van der Waals surface area contributed by atoms with Crippen LogP contribution in [0, 0.1) is 11.8 Å². The second-order valence-electron chi connectivity index (χ2n) is 3.56. The average Bonchev–Trinajstić information content (AvgIpc) is 1.84. The lowest BCUT2D eigenvalue weighted by Crippen LogP contribution is -2.17. The molecule has 0 nitrogen and oxygen atoms in total. The molecule has 0 N–H and O–H groups in total. The molecule has 0 aliphatic heterocycles. The van der Waals surface area contributed by atoms with Crippen LogP contribution in [0.4, 0.5) is 13.2 Å². The zero-order chi connectivity index (χ0) is 9.78. The quantitative estimate of drug-likeness (QED) is 0.615. The molecular weight excluding hydrogens is 165 g/mol. The van der Waals surface area contributed by atoms with Crippen LogP contribution in [-0.2, 0) is 0 Å². The Hall–Kier alpha value is -0.210. The molecule has 0 spiro atoms. The summed E-state index contributed by atoms with van der Waals surface area (Å²) in [4.78, 5) is 0. The molecule has 0 aliphatic rings. The van der Waals surface area contributed by atoms with Gasteiger partial charge in [-0.05, 0) is 12.3 Å². The maximum atomic E-state index is 11.9. The van der Waals surface area contributed by atoms with Crippen molar-refractivity contribution < 1.29 is 13.2 Å². The summed E-state index contributed by atoms with van der Waals surface area (Å²) < 4.78 is 35.8. The van der Waals surface area contributed by atoms with Gasteiger partial charge in [-0.15, -0.1) is 0 Å². The third-order valence-corrected chi connectivity index (χ3v) is 1.82. The van der Waals surface area contributed by atoms with Crippen LogP contribution in [-0.4, -0.2) is 6.18 Å². The molecule has 73 valence electrons. The molecule has 0 aromatic rings. The van der Waals surface area contributed by atoms with Crippen molar-refractivity contribution in [1.82, 2.24) is 0 Å². The molecule has 0 amide bonds. The van der Waals surface area contributed by atoms with E-state index in [0.29, 0.717) is 12.3 Å². The number of hydrogen-bond donors (Lipinski definition) is 0. The maximum absolute atomic E-state index is 11.9. The van der Waals surface area contributed by atoms with E-state index in [1.165, 1.54) is 6.92 Å². The zero-order valence-corrected chi connectivity index (χ0v) is 7.83. The molecule has 0 saturated heterocycles. The molecule has 0 bridgehead atoms. The van der Waals surface area contributed by atoms with E-state index in [4.69, 9.17) is 0 Å². The highest BCUT2D eigenvalue weighted by molar-refractivity contribution is 4.92. The summed E-state index contributed by atoms with van der Waals surface area (Å²) in [5, 5.41) is 0. The van der Waals surface area contributed by atoms with Crippen molar-refractivity contribution in [3.63, 3.8) is 0 Å². The van der Waals surface area contributed by atoms with Crippen molar-refractivity contribution >= 4 is 0 Å². The Morgan fingerprint density at radius 2 is 1.75 bits per heavy atom. The van der Waals surface area contributed by atoms with Crippen LogP contribution in [0.15, 0.2) is 0 Å². The van der Waals surface area contributed by atoms with Gasteiger partial charge < -0.3 is 0 Å². The minimum absolute atomic E-state index is 0.182. The second kappa shape index (κ2) is 4.73. The van der Waals surface area contributed by atoms with Crippen LogP contribution < -0.4 is 0 Å². The van der Waals surface area contributed by atoms with Gasteiger partial charge in [0.25, 0.3) is 0 Å². The van der Waals surface area contributed by atoms with Crippen LogP contribution >= 0.6 is 0 Å². The molecule has 1 radical (unpaired) electrons. The Morgan fingerprint density at radius 1 is 1.25 bits per heavy atom. The Labute approximate surface area is 72.2 Å². The Balaban J connectivity index is 3.51. The summed E-state index contributed by atoms with van der Waals surface area (Å²) in [5.41, 5.74) is 0. The molecule has 0 rings (SSSR count). The van der Waals surface area contributed by atoms with Crippen molar-refractivity contribution in [2.24, 2.45) is 5.92 Å². The van der Waals surface area contributed by atoms with E-state index in [0.717, 1.165) is 6.42 Å². The SMILES string of the molecule is C[C](CCCC(C)C)C(F)(F)F. The molecular formula is C9H16F3. The van der Waals surface area contributed by atoms with Crippen LogP contribution in [0.3, 0.4) is 0 Å². The predicted octanol–water partition coefficient (Wildman–Crippen LogP) is 3.97. The number of halogens is 3. The third-order valence-electron chi connectivity index (χ3n) is 1.82. The fraction of sp³-hybridized carbons (Fsp3) is 0.889. The van der Waals surface area contributed by atoms with Crippen molar-refractivity contribution in [3.05, 3.63) is 5.92 Å². The van der Waals surface area contributed by atoms with E-state index in [9.17, 15) is 13.2 Å². The monoisotopic (exact) mass is 181 g/mol. The van der Waals surface area contributed by atoms with Gasteiger partial charge in [-0.2, -0.15) is 13.2 Å². The average molecular weight is 181 g/mol. The smallest absolute Gasteiger partial charge is 0.170 e. The van der Waals surface area contributed by atoms with Crippen LogP contribution in [0.2, 0.25) is 0 Å². The topological polar surface area (TPSA) is 0 Å². The van der Waals surface area contributed by atoms with Crippen LogP contribution in [0.25, 0.3) is 0 Å². The second-order valence-corrected chi connectivity index (χ2v) is 3.56. The Kier molecular flexibility index (Phi) is 4.64. The van der Waals surface area contributed by atoms with Crippen LogP contribution in [0.1, 0.15) is 40.0 Å². The van der Waals surface area contributed by atoms with E-state index in [1.807, 2.05) is 13.8 Å². The number of rotatable bonds is 4. The fourth-order valence-corrected chi connectivity index (χ4v) is 0.917. The van der Waals surface area contributed by atoms with E-state index in [1.54, 1.807) is 0 Å². The normalized spacial score (nSPS) is 13.0. The van der Waals surface area contributed by atoms with Gasteiger partial charge in [0.15, 0.2) is 0 Å². The van der Waals surface area contributed by atoms with Gasteiger partial charge in [-0.1, -0.05) is 33.6 Å². The number of hydrogen-bond acceptors (Lipinski definition) is 0. The summed E-state index contributed by atoms with van der Waals surface area (Å²) in [6, 6.07) is 0. The van der Waals surface area contributed by atoms with Crippen molar-refractivity contribution in [2.75, 3.05) is 0 Å². The first kappa shape index (κ1) is 11.8. The minimum Gasteiger partial charge on any atom is -0.170 e. The van der Waals surface area contributed by atoms with Gasteiger partial charge in [-0.25, -0.2) is 0 Å². The molecule has 0 saturated carbocycles. The zero-order valence-electron chi connectivity index (χ0n) is 7.83. The van der Waals surface area contributed by atoms with Crippen molar-refractivity contribution in [2.45, 2.75) is 46.2 Å². The summed E-state index contributed by atoms with van der Waals surface area (Å²) in [6.07, 6.45) is -2.39. The molecule has 12 heavy (non-hydrogen) atoms. The lowest BCUT2D eigenvalue weighted by atomic mass is 9.99. The minimum atomic E-state index is -4.09. The number of alkyl halides is 3. The lowest BCUT2D eigenvalue weighted by Gasteiger charge is -2.14. The van der Waals surface area contributed by atoms with Crippen molar-refractivity contribution in [3.8, 4) is 0 Å². The van der Waals surface area contributed by atoms with Gasteiger partial charge >= 0.3 is 6.18 Å². The van der Waals surface area contributed by atoms with E-state index < -0.39 is 6.18 Å². The summed E-state index contributed by atoms with van der Waals surface area (Å²) in [7, 11) is 0. The molecule has 0 fully saturated rings. The third kappa shape index (κ3) is 5.44. The molecule has 0 unspecified atom stereocenters. The largest absolute Gasteiger partial charge is 0.395 e. The van der Waals surface area contributed by atoms with Crippen molar-refractivity contribution in [1.29, 1.82) is 0 Å². The first-order valence-corrected chi connectivity index (χ1v) is 4.23. The lowest BCUT2D eigenvalue weighted by molar-refractivity contribution is -0.115. The Morgan fingerprint density at radius 3 is 2.08 bits per heavy atom. The van der Waals surface area contributed by atoms with Gasteiger partial charge in [0.05, 0.1) is 5.92 Å². The van der Waals surface area contributed by atoms with E-state index >= 15 is 0 Å². The summed E-state index contributed by atoms with van der Waals surface area (Å²) >= 11 is 0. The predicted molar refractivity (Wildman–Crippen MR) is 43.7 cm³/mol.